The number of esters is 2. The molecule has 0 heterocycles. The van der Waals surface area contributed by atoms with Crippen molar-refractivity contribution in [3.05, 3.63) is 29.8 Å². The fourth-order valence-corrected chi connectivity index (χ4v) is 2.96. The van der Waals surface area contributed by atoms with Gasteiger partial charge >= 0.3 is 23.9 Å². The molecule has 12 nitrogen and oxygen atoms in total. The number of carboxylic acids is 2. The zero-order chi connectivity index (χ0) is 23.3. The number of aliphatic hydroxyl groups is 2. The highest BCUT2D eigenvalue weighted by atomic mass is 16.6. The Balaban J connectivity index is 2.14. The number of ether oxygens (including phenoxy) is 2. The van der Waals surface area contributed by atoms with Crippen molar-refractivity contribution in [3.8, 4) is 11.5 Å². The van der Waals surface area contributed by atoms with Gasteiger partial charge in [0.1, 0.15) is 24.7 Å². The zero-order valence-corrected chi connectivity index (χ0v) is 15.9. The molecule has 0 aromatic heterocycles. The van der Waals surface area contributed by atoms with E-state index in [0.717, 1.165) is 12.1 Å². The SMILES string of the molecule is O=C(O)CC(=O)OC1CC(O)(C(=O)O)CC(OC(=O)C=Cc2ccc(O)c(O)c2)C1O. The van der Waals surface area contributed by atoms with Gasteiger partial charge in [-0.2, -0.15) is 0 Å². The smallest absolute Gasteiger partial charge is 0.335 e. The van der Waals surface area contributed by atoms with Gasteiger partial charge in [0, 0.05) is 18.9 Å². The molecule has 0 radical (unpaired) electrons. The highest BCUT2D eigenvalue weighted by Gasteiger charge is 2.52. The number of hydrogen-bond acceptors (Lipinski definition) is 10. The van der Waals surface area contributed by atoms with E-state index in [0.29, 0.717) is 5.56 Å². The summed E-state index contributed by atoms with van der Waals surface area (Å²) in [6.45, 7) is 0. The molecular weight excluding hydrogens is 420 g/mol. The number of carboxylic acid groups (broad SMARTS) is 2. The lowest BCUT2D eigenvalue weighted by molar-refractivity contribution is -0.205. The monoisotopic (exact) mass is 440 g/mol. The number of benzene rings is 1. The number of phenols is 2. The maximum Gasteiger partial charge on any atom is 0.335 e. The molecule has 0 aliphatic heterocycles. The Bertz CT molecular complexity index is 907. The Morgan fingerprint density at radius 1 is 1.03 bits per heavy atom. The summed E-state index contributed by atoms with van der Waals surface area (Å²) in [5.41, 5.74) is -2.20. The molecule has 12 heteroatoms. The van der Waals surface area contributed by atoms with Gasteiger partial charge in [-0.25, -0.2) is 9.59 Å². The van der Waals surface area contributed by atoms with Crippen LogP contribution < -0.4 is 0 Å². The Hall–Kier alpha value is -3.64. The van der Waals surface area contributed by atoms with Crippen LogP contribution in [-0.4, -0.2) is 78.4 Å². The van der Waals surface area contributed by atoms with Gasteiger partial charge in [0.05, 0.1) is 0 Å². The number of aromatic hydroxyl groups is 2. The number of aliphatic hydroxyl groups excluding tert-OH is 1. The Kier molecular flexibility index (Phi) is 7.20. The zero-order valence-electron chi connectivity index (χ0n) is 15.9. The molecule has 1 aliphatic rings. The molecule has 0 amide bonds. The van der Waals surface area contributed by atoms with Crippen LogP contribution in [0.25, 0.3) is 6.08 Å². The van der Waals surface area contributed by atoms with Crippen LogP contribution in [0.5, 0.6) is 11.5 Å². The maximum atomic E-state index is 12.1. The molecule has 4 atom stereocenters. The molecule has 1 saturated carbocycles. The van der Waals surface area contributed by atoms with Crippen molar-refractivity contribution >= 4 is 30.0 Å². The highest BCUT2D eigenvalue weighted by molar-refractivity contribution is 5.90. The molecule has 0 saturated heterocycles. The fourth-order valence-electron chi connectivity index (χ4n) is 2.96. The van der Waals surface area contributed by atoms with Gasteiger partial charge < -0.3 is 40.1 Å². The molecule has 168 valence electrons. The second-order valence-electron chi connectivity index (χ2n) is 6.89. The Labute approximate surface area is 174 Å². The Morgan fingerprint density at radius 3 is 2.19 bits per heavy atom. The average Bonchev–Trinajstić information content (AvgIpc) is 2.65. The molecular formula is C19H20O12. The summed E-state index contributed by atoms with van der Waals surface area (Å²) in [5.74, 6) is -6.37. The van der Waals surface area contributed by atoms with E-state index in [4.69, 9.17) is 14.6 Å². The van der Waals surface area contributed by atoms with Gasteiger partial charge in [0.25, 0.3) is 0 Å². The lowest BCUT2D eigenvalue weighted by atomic mass is 9.79. The van der Waals surface area contributed by atoms with E-state index in [1.807, 2.05) is 0 Å². The predicted molar refractivity (Wildman–Crippen MR) is 98.6 cm³/mol. The number of phenolic OH excluding ortho intramolecular Hbond substituents is 2. The van der Waals surface area contributed by atoms with Crippen LogP contribution in [0, 0.1) is 0 Å². The molecule has 6 N–H and O–H groups in total. The van der Waals surface area contributed by atoms with E-state index >= 15 is 0 Å². The van der Waals surface area contributed by atoms with Crippen LogP contribution in [0.1, 0.15) is 24.8 Å². The van der Waals surface area contributed by atoms with Crippen molar-refractivity contribution in [2.75, 3.05) is 0 Å². The largest absolute Gasteiger partial charge is 0.504 e. The Morgan fingerprint density at radius 2 is 1.65 bits per heavy atom. The average molecular weight is 440 g/mol. The number of rotatable bonds is 7. The molecule has 31 heavy (non-hydrogen) atoms. The van der Waals surface area contributed by atoms with Crippen LogP contribution in [0.3, 0.4) is 0 Å². The van der Waals surface area contributed by atoms with Gasteiger partial charge in [-0.1, -0.05) is 6.07 Å². The summed E-state index contributed by atoms with van der Waals surface area (Å²) in [6.07, 6.45) is -5.39. The second-order valence-corrected chi connectivity index (χ2v) is 6.89. The molecule has 4 unspecified atom stereocenters. The normalized spacial score (nSPS) is 25.7. The quantitative estimate of drug-likeness (QED) is 0.136. The van der Waals surface area contributed by atoms with Crippen molar-refractivity contribution in [1.29, 1.82) is 0 Å². The molecule has 1 aliphatic carbocycles. The van der Waals surface area contributed by atoms with E-state index < -0.39 is 72.8 Å². The topological polar surface area (TPSA) is 208 Å². The standard InChI is InChI=1S/C19H20O12/c20-10-3-1-9(5-11(10)21)2-4-15(24)30-12-7-19(29,18(27)28)8-13(17(12)26)31-16(25)6-14(22)23/h1-5,12-13,17,20-21,26,29H,6-8H2,(H,22,23)(H,27,28). The molecule has 1 aromatic carbocycles. The third kappa shape index (κ3) is 6.17. The summed E-state index contributed by atoms with van der Waals surface area (Å²) < 4.78 is 9.77. The van der Waals surface area contributed by atoms with Crippen LogP contribution in [0.2, 0.25) is 0 Å². The lowest BCUT2D eigenvalue weighted by Crippen LogP contribution is -2.58. The molecule has 2 rings (SSSR count). The first-order valence-corrected chi connectivity index (χ1v) is 8.87. The highest BCUT2D eigenvalue weighted by Crippen LogP contribution is 2.33. The number of carbonyl (C=O) groups is 4. The first kappa shape index (κ1) is 23.6. The van der Waals surface area contributed by atoms with Crippen LogP contribution in [-0.2, 0) is 28.7 Å². The molecule has 1 fully saturated rings. The van der Waals surface area contributed by atoms with Crippen molar-refractivity contribution in [2.24, 2.45) is 0 Å². The molecule has 0 bridgehead atoms. The summed E-state index contributed by atoms with van der Waals surface area (Å²) in [6, 6.07) is 3.69. The van der Waals surface area contributed by atoms with Crippen LogP contribution in [0.4, 0.5) is 0 Å². The van der Waals surface area contributed by atoms with Crippen molar-refractivity contribution < 1.29 is 59.3 Å². The van der Waals surface area contributed by atoms with E-state index in [9.17, 15) is 44.7 Å². The minimum absolute atomic E-state index is 0.305. The predicted octanol–water partition coefficient (Wildman–Crippen LogP) is -0.620. The van der Waals surface area contributed by atoms with Gasteiger partial charge in [-0.15, -0.1) is 0 Å². The first-order chi connectivity index (χ1) is 14.4. The van der Waals surface area contributed by atoms with Gasteiger partial charge in [0.15, 0.2) is 17.1 Å². The van der Waals surface area contributed by atoms with Crippen molar-refractivity contribution in [1.82, 2.24) is 0 Å². The van der Waals surface area contributed by atoms with Crippen LogP contribution >= 0.6 is 0 Å². The summed E-state index contributed by atoms with van der Waals surface area (Å²) in [7, 11) is 0. The first-order valence-electron chi connectivity index (χ1n) is 8.87. The van der Waals surface area contributed by atoms with Crippen molar-refractivity contribution in [3.63, 3.8) is 0 Å². The van der Waals surface area contributed by atoms with E-state index in [2.05, 4.69) is 0 Å². The number of hydrogen-bond donors (Lipinski definition) is 6. The van der Waals surface area contributed by atoms with E-state index in [1.165, 1.54) is 18.2 Å². The van der Waals surface area contributed by atoms with Gasteiger partial charge in [-0.05, 0) is 23.8 Å². The minimum Gasteiger partial charge on any atom is -0.504 e. The van der Waals surface area contributed by atoms with E-state index in [-0.39, 0.29) is 5.75 Å². The van der Waals surface area contributed by atoms with Gasteiger partial charge in [0.2, 0.25) is 0 Å². The molecule has 1 aromatic rings. The summed E-state index contributed by atoms with van der Waals surface area (Å²) in [5, 5.41) is 57.2. The number of carbonyl (C=O) groups excluding carboxylic acids is 2. The minimum atomic E-state index is -2.51. The lowest BCUT2D eigenvalue weighted by Gasteiger charge is -2.40. The third-order valence-electron chi connectivity index (χ3n) is 4.49. The fraction of sp³-hybridized carbons (Fsp3) is 0.368. The summed E-state index contributed by atoms with van der Waals surface area (Å²) in [4.78, 5) is 45.7. The van der Waals surface area contributed by atoms with E-state index in [1.54, 1.807) is 0 Å². The van der Waals surface area contributed by atoms with Crippen LogP contribution in [0.15, 0.2) is 24.3 Å². The van der Waals surface area contributed by atoms with Crippen molar-refractivity contribution in [2.45, 2.75) is 43.2 Å². The third-order valence-corrected chi connectivity index (χ3v) is 4.49. The maximum absolute atomic E-state index is 12.1. The van der Waals surface area contributed by atoms with Gasteiger partial charge in [-0.3, -0.25) is 9.59 Å². The molecule has 0 spiro atoms. The summed E-state index contributed by atoms with van der Waals surface area (Å²) >= 11 is 0. The second kappa shape index (κ2) is 9.45. The number of aliphatic carboxylic acids is 2.